The summed E-state index contributed by atoms with van der Waals surface area (Å²) in [5, 5.41) is 9.66. The molecular formula is C12H16F2O3. The van der Waals surface area contributed by atoms with Crippen molar-refractivity contribution < 1.29 is 23.4 Å². The molecule has 96 valence electrons. The third-order valence-electron chi connectivity index (χ3n) is 2.31. The Morgan fingerprint density at radius 2 is 2.00 bits per heavy atom. The predicted molar refractivity (Wildman–Crippen MR) is 58.6 cm³/mol. The molecule has 0 saturated heterocycles. The highest BCUT2D eigenvalue weighted by atomic mass is 19.2. The van der Waals surface area contributed by atoms with E-state index < -0.39 is 17.7 Å². The molecule has 0 bridgehead atoms. The lowest BCUT2D eigenvalue weighted by Crippen LogP contribution is -2.08. The van der Waals surface area contributed by atoms with Crippen LogP contribution in [0.2, 0.25) is 0 Å². The van der Waals surface area contributed by atoms with E-state index in [9.17, 15) is 13.9 Å². The highest BCUT2D eigenvalue weighted by Crippen LogP contribution is 2.21. The summed E-state index contributed by atoms with van der Waals surface area (Å²) in [6, 6.07) is 3.74. The van der Waals surface area contributed by atoms with Gasteiger partial charge in [-0.25, -0.2) is 8.78 Å². The predicted octanol–water partition coefficient (Wildman–Crippen LogP) is 2.05. The van der Waals surface area contributed by atoms with E-state index in [1.807, 2.05) is 0 Å². The van der Waals surface area contributed by atoms with Crippen LogP contribution in [0.3, 0.4) is 0 Å². The fourth-order valence-electron chi connectivity index (χ4n) is 1.37. The maximum Gasteiger partial charge on any atom is 0.164 e. The topological polar surface area (TPSA) is 38.7 Å². The molecule has 0 radical (unpaired) electrons. The summed E-state index contributed by atoms with van der Waals surface area (Å²) in [4.78, 5) is 0. The molecule has 0 amide bonds. The van der Waals surface area contributed by atoms with Crippen LogP contribution in [0.4, 0.5) is 8.78 Å². The van der Waals surface area contributed by atoms with Crippen molar-refractivity contribution in [3.8, 4) is 0 Å². The monoisotopic (exact) mass is 246 g/mol. The number of benzene rings is 1. The Hall–Kier alpha value is -1.04. The van der Waals surface area contributed by atoms with E-state index in [4.69, 9.17) is 9.47 Å². The normalized spacial score (nSPS) is 12.7. The summed E-state index contributed by atoms with van der Waals surface area (Å²) in [6.45, 7) is 1.14. The van der Waals surface area contributed by atoms with Crippen molar-refractivity contribution in [3.63, 3.8) is 0 Å². The first kappa shape index (κ1) is 14.0. The van der Waals surface area contributed by atoms with E-state index >= 15 is 0 Å². The van der Waals surface area contributed by atoms with Crippen molar-refractivity contribution in [2.75, 3.05) is 26.9 Å². The quantitative estimate of drug-likeness (QED) is 0.748. The van der Waals surface area contributed by atoms with Gasteiger partial charge in [-0.2, -0.15) is 0 Å². The fourth-order valence-corrected chi connectivity index (χ4v) is 1.37. The van der Waals surface area contributed by atoms with E-state index in [-0.39, 0.29) is 18.6 Å². The van der Waals surface area contributed by atoms with Crippen molar-refractivity contribution >= 4 is 0 Å². The standard InChI is InChI=1S/C12H16F2O3/c1-16-7-8-17-6-5-11(15)9-3-2-4-10(13)12(9)14/h2-4,11,15H,5-8H2,1H3. The van der Waals surface area contributed by atoms with Crippen molar-refractivity contribution in [1.29, 1.82) is 0 Å². The fraction of sp³-hybridized carbons (Fsp3) is 0.500. The van der Waals surface area contributed by atoms with Crippen LogP contribution in [-0.4, -0.2) is 32.0 Å². The zero-order valence-corrected chi connectivity index (χ0v) is 9.66. The Labute approximate surface area is 99.0 Å². The molecule has 1 N–H and O–H groups in total. The van der Waals surface area contributed by atoms with Crippen molar-refractivity contribution in [1.82, 2.24) is 0 Å². The Bertz CT molecular complexity index is 345. The summed E-state index contributed by atoms with van der Waals surface area (Å²) in [5.74, 6) is -1.96. The number of ether oxygens (including phenoxy) is 2. The van der Waals surface area contributed by atoms with Gasteiger partial charge < -0.3 is 14.6 Å². The third kappa shape index (κ3) is 4.38. The molecule has 0 aromatic heterocycles. The van der Waals surface area contributed by atoms with Gasteiger partial charge in [0.25, 0.3) is 0 Å². The second-order valence-corrected chi connectivity index (χ2v) is 3.55. The lowest BCUT2D eigenvalue weighted by Gasteiger charge is -2.12. The van der Waals surface area contributed by atoms with Gasteiger partial charge >= 0.3 is 0 Å². The van der Waals surface area contributed by atoms with E-state index in [0.29, 0.717) is 13.2 Å². The van der Waals surface area contributed by atoms with E-state index in [1.165, 1.54) is 12.1 Å². The molecule has 1 atom stereocenters. The van der Waals surface area contributed by atoms with E-state index in [1.54, 1.807) is 7.11 Å². The van der Waals surface area contributed by atoms with Crippen LogP contribution >= 0.6 is 0 Å². The number of halogens is 2. The number of hydrogen-bond acceptors (Lipinski definition) is 3. The Morgan fingerprint density at radius 3 is 2.71 bits per heavy atom. The van der Waals surface area contributed by atoms with Gasteiger partial charge in [0, 0.05) is 25.7 Å². The van der Waals surface area contributed by atoms with Crippen molar-refractivity contribution in [2.24, 2.45) is 0 Å². The molecule has 0 fully saturated rings. The molecule has 0 aliphatic heterocycles. The number of rotatable bonds is 7. The maximum atomic E-state index is 13.3. The highest BCUT2D eigenvalue weighted by Gasteiger charge is 2.15. The minimum absolute atomic E-state index is 0.0414. The van der Waals surface area contributed by atoms with Crippen LogP contribution in [-0.2, 0) is 9.47 Å². The van der Waals surface area contributed by atoms with Crippen LogP contribution in [0, 0.1) is 11.6 Å². The number of aliphatic hydroxyl groups is 1. The van der Waals surface area contributed by atoms with Gasteiger partial charge in [-0.1, -0.05) is 12.1 Å². The van der Waals surface area contributed by atoms with Crippen LogP contribution in [0.5, 0.6) is 0 Å². The maximum absolute atomic E-state index is 13.3. The minimum atomic E-state index is -1.06. The summed E-state index contributed by atoms with van der Waals surface area (Å²) in [5.41, 5.74) is -0.0414. The van der Waals surface area contributed by atoms with Gasteiger partial charge in [0.2, 0.25) is 0 Å². The van der Waals surface area contributed by atoms with Gasteiger partial charge in [0.15, 0.2) is 11.6 Å². The number of methoxy groups -OCH3 is 1. The molecule has 3 nitrogen and oxygen atoms in total. The second-order valence-electron chi connectivity index (χ2n) is 3.55. The number of aliphatic hydroxyl groups excluding tert-OH is 1. The molecule has 0 saturated carbocycles. The average Bonchev–Trinajstić information content (AvgIpc) is 2.32. The van der Waals surface area contributed by atoms with Gasteiger partial charge in [0.05, 0.1) is 19.3 Å². The van der Waals surface area contributed by atoms with Crippen LogP contribution in [0.1, 0.15) is 18.1 Å². The summed E-state index contributed by atoms with van der Waals surface area (Å²) in [6.07, 6.45) is -0.849. The Kier molecular flexibility index (Phi) is 6.04. The first-order valence-corrected chi connectivity index (χ1v) is 5.35. The van der Waals surface area contributed by atoms with Crippen molar-refractivity contribution in [2.45, 2.75) is 12.5 Å². The molecule has 1 aromatic carbocycles. The molecule has 0 spiro atoms. The summed E-state index contributed by atoms with van der Waals surface area (Å²) < 4.78 is 36.1. The highest BCUT2D eigenvalue weighted by molar-refractivity contribution is 5.21. The third-order valence-corrected chi connectivity index (χ3v) is 2.31. The lowest BCUT2D eigenvalue weighted by atomic mass is 10.1. The Morgan fingerprint density at radius 1 is 1.24 bits per heavy atom. The van der Waals surface area contributed by atoms with Crippen molar-refractivity contribution in [3.05, 3.63) is 35.4 Å². The van der Waals surface area contributed by atoms with E-state index in [0.717, 1.165) is 6.07 Å². The van der Waals surface area contributed by atoms with Gasteiger partial charge in [0.1, 0.15) is 0 Å². The average molecular weight is 246 g/mol. The van der Waals surface area contributed by atoms with Crippen LogP contribution in [0.25, 0.3) is 0 Å². The van der Waals surface area contributed by atoms with Gasteiger partial charge in [-0.3, -0.25) is 0 Å². The summed E-state index contributed by atoms with van der Waals surface area (Å²) in [7, 11) is 1.56. The minimum Gasteiger partial charge on any atom is -0.388 e. The Balaban J connectivity index is 2.41. The first-order chi connectivity index (χ1) is 8.16. The molecular weight excluding hydrogens is 230 g/mol. The molecule has 17 heavy (non-hydrogen) atoms. The summed E-state index contributed by atoms with van der Waals surface area (Å²) >= 11 is 0. The second kappa shape index (κ2) is 7.32. The molecule has 0 aliphatic rings. The van der Waals surface area contributed by atoms with Gasteiger partial charge in [-0.05, 0) is 6.07 Å². The lowest BCUT2D eigenvalue weighted by molar-refractivity contribution is 0.0467. The van der Waals surface area contributed by atoms with Crippen LogP contribution in [0.15, 0.2) is 18.2 Å². The van der Waals surface area contributed by atoms with Crippen LogP contribution < -0.4 is 0 Å². The SMILES string of the molecule is COCCOCCC(O)c1cccc(F)c1F. The van der Waals surface area contributed by atoms with Gasteiger partial charge in [-0.15, -0.1) is 0 Å². The molecule has 0 heterocycles. The molecule has 5 heteroatoms. The largest absolute Gasteiger partial charge is 0.388 e. The molecule has 1 rings (SSSR count). The zero-order valence-electron chi connectivity index (χ0n) is 9.66. The molecule has 1 aromatic rings. The number of hydrogen-bond donors (Lipinski definition) is 1. The zero-order chi connectivity index (χ0) is 12.7. The smallest absolute Gasteiger partial charge is 0.164 e. The molecule has 0 aliphatic carbocycles. The first-order valence-electron chi connectivity index (χ1n) is 5.35. The molecule has 1 unspecified atom stereocenters. The van der Waals surface area contributed by atoms with E-state index in [2.05, 4.69) is 0 Å².